The molecular weight excluding hydrogens is 244 g/mol. The van der Waals surface area contributed by atoms with Crippen LogP contribution in [-0.2, 0) is 22.6 Å². The van der Waals surface area contributed by atoms with E-state index in [0.717, 1.165) is 30.0 Å². The van der Waals surface area contributed by atoms with E-state index >= 15 is 0 Å². The first kappa shape index (κ1) is 15.7. The van der Waals surface area contributed by atoms with Gasteiger partial charge < -0.3 is 15.4 Å². The number of carbonyl (C=O) groups excluding carboxylic acids is 1. The highest BCUT2D eigenvalue weighted by molar-refractivity contribution is 5.75. The van der Waals surface area contributed by atoms with Gasteiger partial charge in [0.15, 0.2) is 0 Å². The summed E-state index contributed by atoms with van der Waals surface area (Å²) in [6.07, 6.45) is 0. The minimum absolute atomic E-state index is 0.00741. The smallest absolute Gasteiger partial charge is 0.241 e. The van der Waals surface area contributed by atoms with E-state index in [1.54, 1.807) is 11.8 Å². The van der Waals surface area contributed by atoms with Crippen LogP contribution in [0, 0.1) is 13.8 Å². The number of nitrogens with zero attached hydrogens (tertiary/aromatic N) is 2. The summed E-state index contributed by atoms with van der Waals surface area (Å²) >= 11 is 0. The normalized spacial score (nSPS) is 10.7. The van der Waals surface area contributed by atoms with Gasteiger partial charge in [0.25, 0.3) is 0 Å². The third kappa shape index (κ3) is 4.65. The molecule has 0 spiro atoms. The van der Waals surface area contributed by atoms with Crippen LogP contribution in [0.3, 0.4) is 0 Å². The van der Waals surface area contributed by atoms with Crippen molar-refractivity contribution >= 4 is 5.91 Å². The standard InChI is InChI=1S/C13H24N4O2/c1-5-15-13(18)9-17-11(3)12(10(2)16-17)8-14-6-7-19-4/h14H,5-9H2,1-4H3,(H,15,18). The summed E-state index contributed by atoms with van der Waals surface area (Å²) in [5, 5.41) is 10.5. The van der Waals surface area contributed by atoms with Crippen LogP contribution in [0.1, 0.15) is 23.9 Å². The number of aromatic nitrogens is 2. The van der Waals surface area contributed by atoms with Crippen LogP contribution in [0.25, 0.3) is 0 Å². The maximum absolute atomic E-state index is 11.6. The van der Waals surface area contributed by atoms with Crippen LogP contribution < -0.4 is 10.6 Å². The first-order chi connectivity index (χ1) is 9.10. The molecular formula is C13H24N4O2. The molecule has 6 heteroatoms. The van der Waals surface area contributed by atoms with Crippen molar-refractivity contribution in [3.8, 4) is 0 Å². The van der Waals surface area contributed by atoms with Crippen molar-refractivity contribution in [1.82, 2.24) is 20.4 Å². The third-order valence-corrected chi connectivity index (χ3v) is 2.98. The molecule has 0 bridgehead atoms. The second-order valence-corrected chi connectivity index (χ2v) is 4.43. The zero-order valence-corrected chi connectivity index (χ0v) is 12.2. The third-order valence-electron chi connectivity index (χ3n) is 2.98. The van der Waals surface area contributed by atoms with Crippen LogP contribution in [0.15, 0.2) is 0 Å². The van der Waals surface area contributed by atoms with E-state index in [2.05, 4.69) is 15.7 Å². The monoisotopic (exact) mass is 268 g/mol. The number of likely N-dealkylation sites (N-methyl/N-ethyl adjacent to an activating group) is 1. The molecule has 0 fully saturated rings. The summed E-state index contributed by atoms with van der Waals surface area (Å²) in [6, 6.07) is 0. The van der Waals surface area contributed by atoms with E-state index < -0.39 is 0 Å². The molecule has 0 atom stereocenters. The largest absolute Gasteiger partial charge is 0.383 e. The Morgan fingerprint density at radius 1 is 1.42 bits per heavy atom. The number of methoxy groups -OCH3 is 1. The molecule has 6 nitrogen and oxygen atoms in total. The van der Waals surface area contributed by atoms with Gasteiger partial charge in [0.05, 0.1) is 12.3 Å². The van der Waals surface area contributed by atoms with Crippen LogP contribution >= 0.6 is 0 Å². The Bertz CT molecular complexity index is 415. The molecule has 0 saturated heterocycles. The van der Waals surface area contributed by atoms with E-state index in [4.69, 9.17) is 4.74 Å². The first-order valence-corrected chi connectivity index (χ1v) is 6.59. The van der Waals surface area contributed by atoms with Gasteiger partial charge in [-0.15, -0.1) is 0 Å². The predicted octanol–water partition coefficient (Wildman–Crippen LogP) is 0.372. The van der Waals surface area contributed by atoms with Gasteiger partial charge in [-0.3, -0.25) is 9.48 Å². The molecule has 2 N–H and O–H groups in total. The second-order valence-electron chi connectivity index (χ2n) is 4.43. The van der Waals surface area contributed by atoms with Crippen LogP contribution in [0.5, 0.6) is 0 Å². The molecule has 0 aromatic carbocycles. The van der Waals surface area contributed by atoms with E-state index in [1.807, 2.05) is 20.8 Å². The lowest BCUT2D eigenvalue weighted by atomic mass is 10.2. The van der Waals surface area contributed by atoms with Gasteiger partial charge in [-0.1, -0.05) is 0 Å². The number of carbonyl (C=O) groups is 1. The Kier molecular flexibility index (Phi) is 6.52. The maximum atomic E-state index is 11.6. The molecule has 1 amide bonds. The van der Waals surface area contributed by atoms with Crippen molar-refractivity contribution in [3.63, 3.8) is 0 Å². The number of rotatable bonds is 8. The molecule has 19 heavy (non-hydrogen) atoms. The molecule has 108 valence electrons. The molecule has 1 heterocycles. The molecule has 0 aliphatic carbocycles. The Labute approximate surface area is 114 Å². The second kappa shape index (κ2) is 7.91. The van der Waals surface area contributed by atoms with E-state index in [9.17, 15) is 4.79 Å². The molecule has 0 aliphatic rings. The summed E-state index contributed by atoms with van der Waals surface area (Å²) in [7, 11) is 1.68. The minimum Gasteiger partial charge on any atom is -0.383 e. The number of aryl methyl sites for hydroxylation is 1. The van der Waals surface area contributed by atoms with Gasteiger partial charge >= 0.3 is 0 Å². The molecule has 0 saturated carbocycles. The summed E-state index contributed by atoms with van der Waals surface area (Å²) in [4.78, 5) is 11.6. The van der Waals surface area contributed by atoms with E-state index in [0.29, 0.717) is 13.2 Å². The minimum atomic E-state index is -0.00741. The fourth-order valence-corrected chi connectivity index (χ4v) is 1.92. The number of hydrogen-bond donors (Lipinski definition) is 2. The highest BCUT2D eigenvalue weighted by atomic mass is 16.5. The van der Waals surface area contributed by atoms with E-state index in [-0.39, 0.29) is 12.5 Å². The average molecular weight is 268 g/mol. The fraction of sp³-hybridized carbons (Fsp3) is 0.692. The van der Waals surface area contributed by atoms with Gasteiger partial charge in [-0.2, -0.15) is 5.10 Å². The highest BCUT2D eigenvalue weighted by Gasteiger charge is 2.12. The zero-order chi connectivity index (χ0) is 14.3. The Morgan fingerprint density at radius 2 is 2.16 bits per heavy atom. The molecule has 0 radical (unpaired) electrons. The summed E-state index contributed by atoms with van der Waals surface area (Å²) in [5.41, 5.74) is 3.15. The van der Waals surface area contributed by atoms with Gasteiger partial charge in [0.1, 0.15) is 6.54 Å². The maximum Gasteiger partial charge on any atom is 0.241 e. The van der Waals surface area contributed by atoms with Crippen LogP contribution in [0.4, 0.5) is 0 Å². The van der Waals surface area contributed by atoms with Gasteiger partial charge in [0, 0.05) is 38.0 Å². The summed E-state index contributed by atoms with van der Waals surface area (Å²) in [6.45, 7) is 9.02. The van der Waals surface area contributed by atoms with Crippen molar-refractivity contribution in [2.75, 3.05) is 26.8 Å². The first-order valence-electron chi connectivity index (χ1n) is 6.59. The summed E-state index contributed by atoms with van der Waals surface area (Å²) in [5.74, 6) is -0.00741. The van der Waals surface area contributed by atoms with E-state index in [1.165, 1.54) is 0 Å². The van der Waals surface area contributed by atoms with Gasteiger partial charge in [-0.05, 0) is 20.8 Å². The van der Waals surface area contributed by atoms with Crippen molar-refractivity contribution in [1.29, 1.82) is 0 Å². The Balaban J connectivity index is 2.63. The molecule has 1 aromatic rings. The van der Waals surface area contributed by atoms with Crippen LogP contribution in [0.2, 0.25) is 0 Å². The quantitative estimate of drug-likeness (QED) is 0.669. The number of ether oxygens (including phenoxy) is 1. The highest BCUT2D eigenvalue weighted by Crippen LogP contribution is 2.12. The summed E-state index contributed by atoms with van der Waals surface area (Å²) < 4.78 is 6.75. The molecule has 0 unspecified atom stereocenters. The Morgan fingerprint density at radius 3 is 2.79 bits per heavy atom. The van der Waals surface area contributed by atoms with Crippen molar-refractivity contribution in [2.45, 2.75) is 33.9 Å². The fourth-order valence-electron chi connectivity index (χ4n) is 1.92. The number of nitrogens with one attached hydrogen (secondary N) is 2. The van der Waals surface area contributed by atoms with Gasteiger partial charge in [-0.25, -0.2) is 0 Å². The number of hydrogen-bond acceptors (Lipinski definition) is 4. The lowest BCUT2D eigenvalue weighted by Crippen LogP contribution is -2.28. The SMILES string of the molecule is CCNC(=O)Cn1nc(C)c(CNCCOC)c1C. The molecule has 1 aromatic heterocycles. The van der Waals surface area contributed by atoms with Crippen LogP contribution in [-0.4, -0.2) is 42.5 Å². The zero-order valence-electron chi connectivity index (χ0n) is 12.2. The number of amides is 1. The van der Waals surface area contributed by atoms with Gasteiger partial charge in [0.2, 0.25) is 5.91 Å². The topological polar surface area (TPSA) is 68.2 Å². The van der Waals surface area contributed by atoms with Crippen molar-refractivity contribution < 1.29 is 9.53 Å². The van der Waals surface area contributed by atoms with Crippen molar-refractivity contribution in [3.05, 3.63) is 17.0 Å². The Hall–Kier alpha value is -1.40. The lowest BCUT2D eigenvalue weighted by molar-refractivity contribution is -0.121. The average Bonchev–Trinajstić information content (AvgIpc) is 2.61. The molecule has 1 rings (SSSR count). The predicted molar refractivity (Wildman–Crippen MR) is 74.0 cm³/mol. The van der Waals surface area contributed by atoms with Crippen molar-refractivity contribution in [2.24, 2.45) is 0 Å². The molecule has 0 aliphatic heterocycles. The lowest BCUT2D eigenvalue weighted by Gasteiger charge is -2.06.